The standard InChI is InChI=1S/C14H14N2O2/c17-13(18)7-8-16-9-15-11-5-1-3-10-4-2-6-12(16)14(10)11/h1-6,15H,7-9H2,(H,17,18). The van der Waals surface area contributed by atoms with Crippen molar-refractivity contribution in [2.45, 2.75) is 6.42 Å². The first-order valence-electron chi connectivity index (χ1n) is 5.98. The molecule has 2 aromatic carbocycles. The molecular formula is C14H14N2O2. The number of nitrogens with one attached hydrogen (secondary N) is 1. The molecule has 0 aromatic heterocycles. The number of benzene rings is 2. The van der Waals surface area contributed by atoms with E-state index < -0.39 is 5.97 Å². The molecule has 0 spiro atoms. The number of carboxylic acids is 1. The fourth-order valence-corrected chi connectivity index (χ4v) is 2.43. The van der Waals surface area contributed by atoms with Crippen molar-refractivity contribution in [3.63, 3.8) is 0 Å². The molecule has 0 fully saturated rings. The van der Waals surface area contributed by atoms with Crippen LogP contribution in [0.1, 0.15) is 6.42 Å². The second kappa shape index (κ2) is 4.22. The van der Waals surface area contributed by atoms with Crippen molar-refractivity contribution in [3.05, 3.63) is 36.4 Å². The molecule has 0 aliphatic carbocycles. The summed E-state index contributed by atoms with van der Waals surface area (Å²) in [7, 11) is 0. The van der Waals surface area contributed by atoms with E-state index in [1.54, 1.807) is 0 Å². The maximum atomic E-state index is 10.7. The summed E-state index contributed by atoms with van der Waals surface area (Å²) in [5.41, 5.74) is 2.23. The van der Waals surface area contributed by atoms with E-state index in [0.29, 0.717) is 13.2 Å². The Balaban J connectivity index is 2.04. The van der Waals surface area contributed by atoms with Gasteiger partial charge in [0.05, 0.1) is 13.1 Å². The number of carboxylic acid groups (broad SMARTS) is 1. The van der Waals surface area contributed by atoms with Gasteiger partial charge >= 0.3 is 5.97 Å². The highest BCUT2D eigenvalue weighted by atomic mass is 16.4. The fourth-order valence-electron chi connectivity index (χ4n) is 2.43. The second-order valence-electron chi connectivity index (χ2n) is 4.42. The highest BCUT2D eigenvalue weighted by Gasteiger charge is 2.18. The summed E-state index contributed by atoms with van der Waals surface area (Å²) >= 11 is 0. The van der Waals surface area contributed by atoms with Gasteiger partial charge in [-0.2, -0.15) is 0 Å². The molecule has 0 saturated heterocycles. The number of anilines is 2. The Labute approximate surface area is 105 Å². The third-order valence-corrected chi connectivity index (χ3v) is 3.28. The van der Waals surface area contributed by atoms with Gasteiger partial charge in [0, 0.05) is 23.3 Å². The van der Waals surface area contributed by atoms with Crippen LogP contribution in [-0.2, 0) is 4.79 Å². The lowest BCUT2D eigenvalue weighted by Gasteiger charge is -2.31. The zero-order valence-electron chi connectivity index (χ0n) is 9.89. The zero-order valence-corrected chi connectivity index (χ0v) is 9.89. The van der Waals surface area contributed by atoms with Gasteiger partial charge in [0.15, 0.2) is 0 Å². The van der Waals surface area contributed by atoms with E-state index in [4.69, 9.17) is 5.11 Å². The van der Waals surface area contributed by atoms with Crippen LogP contribution in [0.15, 0.2) is 36.4 Å². The van der Waals surface area contributed by atoms with Crippen LogP contribution in [0.25, 0.3) is 10.8 Å². The molecule has 0 amide bonds. The van der Waals surface area contributed by atoms with Gasteiger partial charge in [0.1, 0.15) is 0 Å². The van der Waals surface area contributed by atoms with Crippen LogP contribution in [0.2, 0.25) is 0 Å². The molecule has 4 nitrogen and oxygen atoms in total. The molecule has 0 saturated carbocycles. The first kappa shape index (κ1) is 10.9. The summed E-state index contributed by atoms with van der Waals surface area (Å²) in [5.74, 6) is -0.763. The average molecular weight is 242 g/mol. The highest BCUT2D eigenvalue weighted by molar-refractivity contribution is 6.04. The summed E-state index contributed by atoms with van der Waals surface area (Å²) in [5, 5.41) is 14.5. The predicted octanol–water partition coefficient (Wildman–Crippen LogP) is 2.50. The van der Waals surface area contributed by atoms with E-state index in [1.165, 1.54) is 10.8 Å². The van der Waals surface area contributed by atoms with E-state index in [0.717, 1.165) is 11.4 Å². The molecule has 2 aromatic rings. The average Bonchev–Trinajstić information content (AvgIpc) is 2.38. The molecule has 1 heterocycles. The molecule has 0 bridgehead atoms. The Morgan fingerprint density at radius 2 is 2.06 bits per heavy atom. The quantitative estimate of drug-likeness (QED) is 0.868. The third kappa shape index (κ3) is 1.76. The summed E-state index contributed by atoms with van der Waals surface area (Å²) < 4.78 is 0. The second-order valence-corrected chi connectivity index (χ2v) is 4.42. The number of hydrogen-bond acceptors (Lipinski definition) is 3. The predicted molar refractivity (Wildman–Crippen MR) is 72.0 cm³/mol. The van der Waals surface area contributed by atoms with E-state index >= 15 is 0 Å². The molecule has 0 unspecified atom stereocenters. The van der Waals surface area contributed by atoms with E-state index in [9.17, 15) is 4.79 Å². The number of carbonyl (C=O) groups is 1. The number of aliphatic carboxylic acids is 1. The fraction of sp³-hybridized carbons (Fsp3) is 0.214. The Morgan fingerprint density at radius 3 is 2.83 bits per heavy atom. The number of nitrogens with zero attached hydrogens (tertiary/aromatic N) is 1. The lowest BCUT2D eigenvalue weighted by atomic mass is 10.0. The van der Waals surface area contributed by atoms with Gasteiger partial charge < -0.3 is 15.3 Å². The molecule has 3 rings (SSSR count). The van der Waals surface area contributed by atoms with Crippen LogP contribution in [0, 0.1) is 0 Å². The minimum Gasteiger partial charge on any atom is -0.481 e. The molecule has 1 aliphatic heterocycles. The monoisotopic (exact) mass is 242 g/mol. The van der Waals surface area contributed by atoms with Crippen LogP contribution in [0.3, 0.4) is 0 Å². The van der Waals surface area contributed by atoms with Crippen LogP contribution in [0.4, 0.5) is 11.4 Å². The van der Waals surface area contributed by atoms with Crippen molar-refractivity contribution in [3.8, 4) is 0 Å². The molecule has 0 atom stereocenters. The van der Waals surface area contributed by atoms with Crippen molar-refractivity contribution < 1.29 is 9.90 Å². The minimum atomic E-state index is -0.763. The van der Waals surface area contributed by atoms with Crippen LogP contribution < -0.4 is 10.2 Å². The van der Waals surface area contributed by atoms with Crippen LogP contribution in [-0.4, -0.2) is 24.3 Å². The zero-order chi connectivity index (χ0) is 12.5. The maximum absolute atomic E-state index is 10.7. The molecule has 1 aliphatic rings. The third-order valence-electron chi connectivity index (χ3n) is 3.28. The van der Waals surface area contributed by atoms with Gasteiger partial charge in [-0.05, 0) is 17.5 Å². The first-order chi connectivity index (χ1) is 8.75. The molecule has 2 N–H and O–H groups in total. The van der Waals surface area contributed by atoms with E-state index in [1.807, 2.05) is 12.1 Å². The summed E-state index contributed by atoms with van der Waals surface area (Å²) in [6.07, 6.45) is 0.153. The highest BCUT2D eigenvalue weighted by Crippen LogP contribution is 2.35. The van der Waals surface area contributed by atoms with Crippen molar-refractivity contribution in [2.24, 2.45) is 0 Å². The molecule has 18 heavy (non-hydrogen) atoms. The summed E-state index contributed by atoms with van der Waals surface area (Å²) in [6, 6.07) is 12.3. The van der Waals surface area contributed by atoms with Crippen molar-refractivity contribution in [1.82, 2.24) is 0 Å². The molecular weight excluding hydrogens is 228 g/mol. The van der Waals surface area contributed by atoms with Gasteiger partial charge in [0.2, 0.25) is 0 Å². The van der Waals surface area contributed by atoms with Gasteiger partial charge in [-0.1, -0.05) is 24.3 Å². The molecule has 4 heteroatoms. The van der Waals surface area contributed by atoms with Gasteiger partial charge in [-0.25, -0.2) is 0 Å². The summed E-state index contributed by atoms with van der Waals surface area (Å²) in [4.78, 5) is 12.8. The number of rotatable bonds is 3. The van der Waals surface area contributed by atoms with Gasteiger partial charge in [-0.15, -0.1) is 0 Å². The Hall–Kier alpha value is -2.23. The smallest absolute Gasteiger partial charge is 0.305 e. The summed E-state index contributed by atoms with van der Waals surface area (Å²) in [6.45, 7) is 1.18. The van der Waals surface area contributed by atoms with Gasteiger partial charge in [-0.3, -0.25) is 4.79 Å². The van der Waals surface area contributed by atoms with E-state index in [2.05, 4.69) is 34.5 Å². The SMILES string of the molecule is O=C(O)CCN1CNc2cccc3cccc1c23. The normalized spacial score (nSPS) is 13.4. The maximum Gasteiger partial charge on any atom is 0.305 e. The Kier molecular flexibility index (Phi) is 2.55. The Morgan fingerprint density at radius 1 is 1.28 bits per heavy atom. The Bertz CT molecular complexity index is 605. The number of hydrogen-bond donors (Lipinski definition) is 2. The topological polar surface area (TPSA) is 52.6 Å². The minimum absolute atomic E-state index is 0.153. The molecule has 92 valence electrons. The molecule has 0 radical (unpaired) electrons. The lowest BCUT2D eigenvalue weighted by Crippen LogP contribution is -2.34. The van der Waals surface area contributed by atoms with E-state index in [-0.39, 0.29) is 6.42 Å². The lowest BCUT2D eigenvalue weighted by molar-refractivity contribution is -0.136. The van der Waals surface area contributed by atoms with Crippen LogP contribution in [0.5, 0.6) is 0 Å². The van der Waals surface area contributed by atoms with Crippen molar-refractivity contribution in [1.29, 1.82) is 0 Å². The van der Waals surface area contributed by atoms with Crippen molar-refractivity contribution >= 4 is 28.1 Å². The largest absolute Gasteiger partial charge is 0.481 e. The first-order valence-corrected chi connectivity index (χ1v) is 5.98. The van der Waals surface area contributed by atoms with Crippen LogP contribution >= 0.6 is 0 Å². The van der Waals surface area contributed by atoms with Crippen molar-refractivity contribution in [2.75, 3.05) is 23.4 Å². The van der Waals surface area contributed by atoms with Gasteiger partial charge in [0.25, 0.3) is 0 Å².